The van der Waals surface area contributed by atoms with Gasteiger partial charge in [0.25, 0.3) is 0 Å². The van der Waals surface area contributed by atoms with E-state index < -0.39 is 17.5 Å². The monoisotopic (exact) mass is 299 g/mol. The molecule has 2 saturated heterocycles. The number of carbonyl (C=O) groups excluding carboxylic acids is 1. The maximum absolute atomic E-state index is 11.9. The van der Waals surface area contributed by atoms with Gasteiger partial charge >= 0.3 is 12.0 Å². The second-order valence-electron chi connectivity index (χ2n) is 5.97. The van der Waals surface area contributed by atoms with Gasteiger partial charge in [-0.25, -0.2) is 9.59 Å². The predicted molar refractivity (Wildman–Crippen MR) is 77.2 cm³/mol. The second-order valence-corrected chi connectivity index (χ2v) is 5.97. The Morgan fingerprint density at radius 3 is 2.62 bits per heavy atom. The molecule has 7 nitrogen and oxygen atoms in total. The van der Waals surface area contributed by atoms with E-state index in [1.54, 1.807) is 0 Å². The van der Waals surface area contributed by atoms with Crippen LogP contribution in [0.5, 0.6) is 0 Å². The Hall–Kier alpha value is -1.34. The summed E-state index contributed by atoms with van der Waals surface area (Å²) in [7, 11) is 0. The zero-order chi connectivity index (χ0) is 15.3. The Morgan fingerprint density at radius 2 is 2.05 bits per heavy atom. The molecule has 0 saturated carbocycles. The normalized spacial score (nSPS) is 28.0. The first kappa shape index (κ1) is 16.0. The van der Waals surface area contributed by atoms with Gasteiger partial charge in [-0.3, -0.25) is 4.90 Å². The highest BCUT2D eigenvalue weighted by Crippen LogP contribution is 2.18. The van der Waals surface area contributed by atoms with E-state index >= 15 is 0 Å². The smallest absolute Gasteiger partial charge is 0.332 e. The molecule has 0 spiro atoms. The Labute approximate surface area is 125 Å². The van der Waals surface area contributed by atoms with Crippen LogP contribution in [-0.4, -0.2) is 66.4 Å². The molecule has 2 aliphatic rings. The number of nitrogens with one attached hydrogen (secondary N) is 2. The average Bonchev–Trinajstić information content (AvgIpc) is 2.95. The summed E-state index contributed by atoms with van der Waals surface area (Å²) < 4.78 is 5.11. The van der Waals surface area contributed by atoms with Crippen molar-refractivity contribution < 1.29 is 19.4 Å². The summed E-state index contributed by atoms with van der Waals surface area (Å²) in [5.41, 5.74) is -1.28. The maximum Gasteiger partial charge on any atom is 0.332 e. The van der Waals surface area contributed by atoms with Crippen molar-refractivity contribution in [1.82, 2.24) is 15.5 Å². The van der Waals surface area contributed by atoms with E-state index in [1.165, 1.54) is 19.3 Å². The molecule has 2 fully saturated rings. The number of hydrogen-bond acceptors (Lipinski definition) is 4. The molecule has 2 amide bonds. The van der Waals surface area contributed by atoms with Gasteiger partial charge in [0.1, 0.15) is 0 Å². The first-order valence-corrected chi connectivity index (χ1v) is 7.65. The third-order valence-corrected chi connectivity index (χ3v) is 4.36. The van der Waals surface area contributed by atoms with Crippen molar-refractivity contribution >= 4 is 12.0 Å². The number of rotatable bonds is 5. The lowest BCUT2D eigenvalue weighted by atomic mass is 9.99. The number of urea groups is 1. The van der Waals surface area contributed by atoms with E-state index in [-0.39, 0.29) is 12.6 Å². The van der Waals surface area contributed by atoms with Crippen LogP contribution >= 0.6 is 0 Å². The Kier molecular flexibility index (Phi) is 5.41. The van der Waals surface area contributed by atoms with Crippen LogP contribution in [-0.2, 0) is 9.53 Å². The van der Waals surface area contributed by atoms with Crippen molar-refractivity contribution in [1.29, 1.82) is 0 Å². The molecular weight excluding hydrogens is 274 g/mol. The molecule has 0 aromatic carbocycles. The number of ether oxygens (including phenoxy) is 1. The summed E-state index contributed by atoms with van der Waals surface area (Å²) >= 11 is 0. The highest BCUT2D eigenvalue weighted by molar-refractivity contribution is 5.86. The Bertz CT molecular complexity index is 376. The van der Waals surface area contributed by atoms with Crippen LogP contribution in [0, 0.1) is 0 Å². The van der Waals surface area contributed by atoms with Gasteiger partial charge in [-0.1, -0.05) is 6.42 Å². The molecule has 2 unspecified atom stereocenters. The summed E-state index contributed by atoms with van der Waals surface area (Å²) in [5.74, 6) is -1.04. The fourth-order valence-corrected chi connectivity index (χ4v) is 2.88. The first-order chi connectivity index (χ1) is 10.0. The van der Waals surface area contributed by atoms with E-state index in [1.807, 2.05) is 0 Å². The predicted octanol–water partition coefficient (Wildman–Crippen LogP) is 0.404. The third kappa shape index (κ3) is 4.07. The van der Waals surface area contributed by atoms with Gasteiger partial charge in [-0.15, -0.1) is 0 Å². The number of carboxylic acids is 1. The van der Waals surface area contributed by atoms with E-state index in [0.29, 0.717) is 19.6 Å². The fraction of sp³-hybridized carbons (Fsp3) is 0.857. The molecule has 0 aliphatic carbocycles. The van der Waals surface area contributed by atoms with Crippen molar-refractivity contribution in [2.75, 3.05) is 32.8 Å². The summed E-state index contributed by atoms with van der Waals surface area (Å²) in [6.07, 6.45) is 3.99. The number of hydrogen-bond donors (Lipinski definition) is 3. The maximum atomic E-state index is 11.9. The lowest BCUT2D eigenvalue weighted by Gasteiger charge is -2.32. The van der Waals surface area contributed by atoms with Crippen LogP contribution in [0.4, 0.5) is 4.79 Å². The first-order valence-electron chi connectivity index (χ1n) is 7.65. The van der Waals surface area contributed by atoms with Gasteiger partial charge in [0.15, 0.2) is 5.54 Å². The molecule has 2 aliphatic heterocycles. The number of likely N-dealkylation sites (tertiary alicyclic amines) is 1. The molecule has 0 bridgehead atoms. The number of amides is 2. The summed E-state index contributed by atoms with van der Waals surface area (Å²) in [4.78, 5) is 25.6. The van der Waals surface area contributed by atoms with Gasteiger partial charge in [0, 0.05) is 25.6 Å². The lowest BCUT2D eigenvalue weighted by molar-refractivity contribution is -0.144. The van der Waals surface area contributed by atoms with E-state index in [2.05, 4.69) is 22.5 Å². The summed E-state index contributed by atoms with van der Waals surface area (Å²) in [6, 6.07) is -0.177. The van der Waals surface area contributed by atoms with Gasteiger partial charge in [0.2, 0.25) is 0 Å². The topological polar surface area (TPSA) is 90.9 Å². The number of nitrogens with zero attached hydrogens (tertiary/aromatic N) is 1. The highest BCUT2D eigenvalue weighted by Gasteiger charge is 2.44. The molecule has 0 radical (unpaired) electrons. The van der Waals surface area contributed by atoms with Crippen LogP contribution in [0.25, 0.3) is 0 Å². The zero-order valence-electron chi connectivity index (χ0n) is 12.6. The van der Waals surface area contributed by atoms with Gasteiger partial charge in [-0.05, 0) is 32.9 Å². The minimum Gasteiger partial charge on any atom is -0.479 e. The molecule has 0 aromatic heterocycles. The van der Waals surface area contributed by atoms with Crippen LogP contribution in [0.3, 0.4) is 0 Å². The minimum absolute atomic E-state index is 0.0252. The van der Waals surface area contributed by atoms with Crippen LogP contribution in [0.15, 0.2) is 0 Å². The SMILES string of the molecule is CC(CNC(=O)NC1(C(=O)O)CCOC1)N1CCCCC1. The Morgan fingerprint density at radius 1 is 1.33 bits per heavy atom. The lowest BCUT2D eigenvalue weighted by Crippen LogP contribution is -2.58. The van der Waals surface area contributed by atoms with Crippen LogP contribution in [0.1, 0.15) is 32.6 Å². The number of carbonyl (C=O) groups is 2. The van der Waals surface area contributed by atoms with Gasteiger partial charge < -0.3 is 20.5 Å². The molecule has 7 heteroatoms. The van der Waals surface area contributed by atoms with Crippen molar-refractivity contribution in [3.8, 4) is 0 Å². The Balaban J connectivity index is 1.77. The molecule has 0 aromatic rings. The molecule has 2 heterocycles. The van der Waals surface area contributed by atoms with E-state index in [4.69, 9.17) is 4.74 Å². The molecule has 2 atom stereocenters. The number of aliphatic carboxylic acids is 1. The van der Waals surface area contributed by atoms with Crippen LogP contribution < -0.4 is 10.6 Å². The molecule has 2 rings (SSSR count). The molecular formula is C14H25N3O4. The fourth-order valence-electron chi connectivity index (χ4n) is 2.88. The highest BCUT2D eigenvalue weighted by atomic mass is 16.5. The molecule has 21 heavy (non-hydrogen) atoms. The average molecular weight is 299 g/mol. The standard InChI is InChI=1S/C14H25N3O4/c1-11(17-6-3-2-4-7-17)9-15-13(20)16-14(12(18)19)5-8-21-10-14/h11H,2-10H2,1H3,(H,18,19)(H2,15,16,20). The second kappa shape index (κ2) is 7.09. The summed E-state index contributed by atoms with van der Waals surface area (Å²) in [5, 5.41) is 14.6. The van der Waals surface area contributed by atoms with Gasteiger partial charge in [-0.2, -0.15) is 0 Å². The third-order valence-electron chi connectivity index (χ3n) is 4.36. The number of carboxylic acid groups (broad SMARTS) is 1. The molecule has 3 N–H and O–H groups in total. The van der Waals surface area contributed by atoms with Crippen molar-refractivity contribution in [3.63, 3.8) is 0 Å². The summed E-state index contributed by atoms with van der Waals surface area (Å²) in [6.45, 7) is 5.11. The molecule has 120 valence electrons. The van der Waals surface area contributed by atoms with Crippen LogP contribution in [0.2, 0.25) is 0 Å². The number of piperidine rings is 1. The van der Waals surface area contributed by atoms with Crippen molar-refractivity contribution in [3.05, 3.63) is 0 Å². The van der Waals surface area contributed by atoms with Gasteiger partial charge in [0.05, 0.1) is 6.61 Å². The van der Waals surface area contributed by atoms with Crippen molar-refractivity contribution in [2.24, 2.45) is 0 Å². The quantitative estimate of drug-likeness (QED) is 0.684. The minimum atomic E-state index is -1.28. The van der Waals surface area contributed by atoms with Crippen molar-refractivity contribution in [2.45, 2.75) is 44.2 Å². The van der Waals surface area contributed by atoms with E-state index in [0.717, 1.165) is 13.1 Å². The largest absolute Gasteiger partial charge is 0.479 e. The zero-order valence-corrected chi connectivity index (χ0v) is 12.6. The van der Waals surface area contributed by atoms with E-state index in [9.17, 15) is 14.7 Å².